The summed E-state index contributed by atoms with van der Waals surface area (Å²) in [6.45, 7) is 3.85. The van der Waals surface area contributed by atoms with Crippen molar-refractivity contribution in [1.29, 1.82) is 0 Å². The second-order valence-electron chi connectivity index (χ2n) is 3.62. The third-order valence-electron chi connectivity index (χ3n) is 2.44. The molecule has 2 atom stereocenters. The van der Waals surface area contributed by atoms with Gasteiger partial charge in [-0.25, -0.2) is 4.39 Å². The summed E-state index contributed by atoms with van der Waals surface area (Å²) in [6.07, 6.45) is 0.745. The van der Waals surface area contributed by atoms with Crippen molar-refractivity contribution in [2.24, 2.45) is 11.5 Å². The second-order valence-corrected chi connectivity index (χ2v) is 3.62. The summed E-state index contributed by atoms with van der Waals surface area (Å²) in [6, 6.07) is 4.32. The Morgan fingerprint density at radius 3 is 2.57 bits per heavy atom. The van der Waals surface area contributed by atoms with Crippen molar-refractivity contribution in [2.45, 2.75) is 32.4 Å². The molecule has 0 aliphatic rings. The lowest BCUT2D eigenvalue weighted by molar-refractivity contribution is 0.501. The summed E-state index contributed by atoms with van der Waals surface area (Å²) in [7, 11) is 0. The number of hydrogen-bond acceptors (Lipinski definition) is 2. The molecule has 1 aromatic rings. The smallest absolute Gasteiger partial charge is 0.128 e. The van der Waals surface area contributed by atoms with Crippen LogP contribution in [0.3, 0.4) is 0 Å². The van der Waals surface area contributed by atoms with E-state index in [9.17, 15) is 4.39 Å². The van der Waals surface area contributed by atoms with Gasteiger partial charge in [0.25, 0.3) is 0 Å². The number of benzene rings is 1. The van der Waals surface area contributed by atoms with E-state index in [1.807, 2.05) is 13.8 Å². The highest BCUT2D eigenvalue weighted by Gasteiger charge is 2.17. The van der Waals surface area contributed by atoms with Crippen LogP contribution in [0.25, 0.3) is 0 Å². The van der Waals surface area contributed by atoms with Gasteiger partial charge in [-0.3, -0.25) is 0 Å². The van der Waals surface area contributed by atoms with E-state index in [4.69, 9.17) is 11.5 Å². The number of hydrogen-bond donors (Lipinski definition) is 2. The van der Waals surface area contributed by atoms with Gasteiger partial charge < -0.3 is 11.5 Å². The van der Waals surface area contributed by atoms with Crippen molar-refractivity contribution in [1.82, 2.24) is 0 Å². The maximum absolute atomic E-state index is 13.4. The first-order valence-electron chi connectivity index (χ1n) is 4.83. The Kier molecular flexibility index (Phi) is 3.61. The van der Waals surface area contributed by atoms with Crippen LogP contribution in [0.15, 0.2) is 18.2 Å². The summed E-state index contributed by atoms with van der Waals surface area (Å²) in [5.74, 6) is -0.271. The summed E-state index contributed by atoms with van der Waals surface area (Å²) in [5, 5.41) is 0. The predicted octanol–water partition coefficient (Wildman–Crippen LogP) is 1.87. The van der Waals surface area contributed by atoms with E-state index < -0.39 is 6.04 Å². The predicted molar refractivity (Wildman–Crippen MR) is 56.3 cm³/mol. The lowest BCUT2D eigenvalue weighted by Gasteiger charge is -2.19. The molecule has 0 fully saturated rings. The molecule has 0 saturated heterocycles. The average Bonchev–Trinajstić information content (AvgIpc) is 2.19. The zero-order chi connectivity index (χ0) is 10.7. The van der Waals surface area contributed by atoms with Crippen molar-refractivity contribution in [3.05, 3.63) is 35.1 Å². The highest BCUT2D eigenvalue weighted by Crippen LogP contribution is 2.19. The Morgan fingerprint density at radius 1 is 1.36 bits per heavy atom. The first-order valence-corrected chi connectivity index (χ1v) is 4.83. The molecule has 1 rings (SSSR count). The minimum Gasteiger partial charge on any atom is -0.326 e. The van der Waals surface area contributed by atoms with Crippen molar-refractivity contribution >= 4 is 0 Å². The zero-order valence-corrected chi connectivity index (χ0v) is 8.63. The van der Waals surface area contributed by atoms with Crippen LogP contribution >= 0.6 is 0 Å². The molecule has 0 radical (unpaired) electrons. The number of rotatable bonds is 3. The van der Waals surface area contributed by atoms with E-state index >= 15 is 0 Å². The molecule has 14 heavy (non-hydrogen) atoms. The third-order valence-corrected chi connectivity index (χ3v) is 2.44. The van der Waals surface area contributed by atoms with Crippen LogP contribution in [-0.4, -0.2) is 6.04 Å². The van der Waals surface area contributed by atoms with Crippen LogP contribution in [0.1, 0.15) is 30.5 Å². The molecule has 78 valence electrons. The van der Waals surface area contributed by atoms with Crippen LogP contribution in [-0.2, 0) is 0 Å². The SMILES string of the molecule is CCC(N)C(N)c1cc(C)ccc1F. The summed E-state index contributed by atoms with van der Waals surface area (Å²) >= 11 is 0. The zero-order valence-electron chi connectivity index (χ0n) is 8.63. The Bertz CT molecular complexity index is 312. The highest BCUT2D eigenvalue weighted by atomic mass is 19.1. The lowest BCUT2D eigenvalue weighted by atomic mass is 9.97. The molecule has 1 aromatic carbocycles. The molecule has 2 unspecified atom stereocenters. The molecule has 0 aromatic heterocycles. The molecule has 0 heterocycles. The van der Waals surface area contributed by atoms with E-state index in [1.165, 1.54) is 6.07 Å². The molecule has 0 bridgehead atoms. The van der Waals surface area contributed by atoms with E-state index in [0.717, 1.165) is 12.0 Å². The molecule has 3 heteroatoms. The molecule has 0 saturated carbocycles. The third kappa shape index (κ3) is 2.30. The fourth-order valence-electron chi connectivity index (χ4n) is 1.40. The van der Waals surface area contributed by atoms with Crippen LogP contribution in [0.4, 0.5) is 4.39 Å². The first kappa shape index (κ1) is 11.1. The Morgan fingerprint density at radius 2 is 2.00 bits per heavy atom. The first-order chi connectivity index (χ1) is 6.56. The molecular formula is C11H17FN2. The van der Waals surface area contributed by atoms with E-state index in [0.29, 0.717) is 5.56 Å². The van der Waals surface area contributed by atoms with Gasteiger partial charge in [-0.2, -0.15) is 0 Å². The fourth-order valence-corrected chi connectivity index (χ4v) is 1.40. The Hall–Kier alpha value is -0.930. The van der Waals surface area contributed by atoms with Crippen LogP contribution in [0.2, 0.25) is 0 Å². The van der Waals surface area contributed by atoms with Crippen molar-refractivity contribution in [3.8, 4) is 0 Å². The minimum absolute atomic E-state index is 0.189. The lowest BCUT2D eigenvalue weighted by Crippen LogP contribution is -2.34. The number of aryl methyl sites for hydroxylation is 1. The van der Waals surface area contributed by atoms with Gasteiger partial charge in [0.2, 0.25) is 0 Å². The number of halogens is 1. The Balaban J connectivity index is 2.99. The van der Waals surface area contributed by atoms with Gasteiger partial charge in [0.05, 0.1) is 0 Å². The monoisotopic (exact) mass is 196 g/mol. The topological polar surface area (TPSA) is 52.0 Å². The molecule has 0 aliphatic heterocycles. The fraction of sp³-hybridized carbons (Fsp3) is 0.455. The van der Waals surface area contributed by atoms with Crippen LogP contribution in [0, 0.1) is 12.7 Å². The van der Waals surface area contributed by atoms with E-state index in [2.05, 4.69) is 0 Å². The molecule has 0 aliphatic carbocycles. The van der Waals surface area contributed by atoms with Gasteiger partial charge in [0.15, 0.2) is 0 Å². The molecule has 0 amide bonds. The van der Waals surface area contributed by atoms with Gasteiger partial charge in [-0.15, -0.1) is 0 Å². The molecular weight excluding hydrogens is 179 g/mol. The number of nitrogens with two attached hydrogens (primary N) is 2. The van der Waals surface area contributed by atoms with Gasteiger partial charge >= 0.3 is 0 Å². The quantitative estimate of drug-likeness (QED) is 0.775. The largest absolute Gasteiger partial charge is 0.326 e. The van der Waals surface area contributed by atoms with Crippen molar-refractivity contribution < 1.29 is 4.39 Å². The van der Waals surface area contributed by atoms with Gasteiger partial charge in [0, 0.05) is 17.6 Å². The summed E-state index contributed by atoms with van der Waals surface area (Å²) < 4.78 is 13.4. The minimum atomic E-state index is -0.417. The summed E-state index contributed by atoms with van der Waals surface area (Å²) in [4.78, 5) is 0. The Labute approximate surface area is 84.1 Å². The second kappa shape index (κ2) is 4.53. The van der Waals surface area contributed by atoms with Crippen LogP contribution in [0.5, 0.6) is 0 Å². The van der Waals surface area contributed by atoms with Crippen LogP contribution < -0.4 is 11.5 Å². The maximum Gasteiger partial charge on any atom is 0.128 e. The standard InChI is InChI=1S/C11H17FN2/c1-3-10(13)11(14)8-6-7(2)4-5-9(8)12/h4-6,10-11H,3,13-14H2,1-2H3. The van der Waals surface area contributed by atoms with Crippen molar-refractivity contribution in [2.75, 3.05) is 0 Å². The molecule has 2 nitrogen and oxygen atoms in total. The van der Waals surface area contributed by atoms with Gasteiger partial charge in [-0.1, -0.05) is 24.6 Å². The van der Waals surface area contributed by atoms with Crippen molar-refractivity contribution in [3.63, 3.8) is 0 Å². The molecule has 4 N–H and O–H groups in total. The van der Waals surface area contributed by atoms with Gasteiger partial charge in [0.1, 0.15) is 5.82 Å². The maximum atomic E-state index is 13.4. The van der Waals surface area contributed by atoms with Gasteiger partial charge in [-0.05, 0) is 19.4 Å². The van der Waals surface area contributed by atoms with E-state index in [-0.39, 0.29) is 11.9 Å². The average molecular weight is 196 g/mol. The normalized spacial score (nSPS) is 15.2. The highest BCUT2D eigenvalue weighted by molar-refractivity contribution is 5.27. The van der Waals surface area contributed by atoms with E-state index in [1.54, 1.807) is 12.1 Å². The summed E-state index contributed by atoms with van der Waals surface area (Å²) in [5.41, 5.74) is 13.1. The molecule has 0 spiro atoms.